The lowest BCUT2D eigenvalue weighted by Gasteiger charge is -2.24. The van der Waals surface area contributed by atoms with Crippen molar-refractivity contribution in [3.8, 4) is 39.5 Å². The molecule has 1 heterocycles. The first-order valence-electron chi connectivity index (χ1n) is 15.0. The highest BCUT2D eigenvalue weighted by Gasteiger charge is 2.27. The molecule has 0 radical (unpaired) electrons. The maximum Gasteiger partial charge on any atom is 0.344 e. The summed E-state index contributed by atoms with van der Waals surface area (Å²) in [4.78, 5) is 17.1. The number of hydrogen-bond donors (Lipinski definition) is 0. The van der Waals surface area contributed by atoms with Crippen LogP contribution in [-0.4, -0.2) is 24.2 Å². The standard InChI is InChI=1S/C38H35NO4/c1-2-41-35(40)26-42-32-22-23-33(27-14-6-3-7-15-27)31(25-32)24-30-20-12-13-21-34(30)38-39-36(28-16-8-4-9-17-28)37(43-38)29-18-10-5-11-19-29/h3-11,14-19,21-23,25,30H,2,12-13,20,24,26H2,1H3. The van der Waals surface area contributed by atoms with E-state index in [4.69, 9.17) is 18.9 Å². The van der Waals surface area contributed by atoms with Gasteiger partial charge < -0.3 is 13.9 Å². The van der Waals surface area contributed by atoms with E-state index in [0.717, 1.165) is 70.5 Å². The van der Waals surface area contributed by atoms with E-state index < -0.39 is 0 Å². The van der Waals surface area contributed by atoms with E-state index in [9.17, 15) is 4.79 Å². The predicted molar refractivity (Wildman–Crippen MR) is 170 cm³/mol. The molecule has 0 aliphatic heterocycles. The van der Waals surface area contributed by atoms with E-state index >= 15 is 0 Å². The van der Waals surface area contributed by atoms with Crippen molar-refractivity contribution in [3.05, 3.63) is 127 Å². The number of esters is 1. The van der Waals surface area contributed by atoms with Crippen LogP contribution in [-0.2, 0) is 16.0 Å². The maximum atomic E-state index is 12.0. The number of allylic oxidation sites excluding steroid dienone is 2. The Morgan fingerprint density at radius 2 is 1.53 bits per heavy atom. The van der Waals surface area contributed by atoms with E-state index in [0.29, 0.717) is 18.2 Å². The molecule has 4 aromatic carbocycles. The Labute approximate surface area is 252 Å². The summed E-state index contributed by atoms with van der Waals surface area (Å²) < 4.78 is 17.5. The molecular formula is C38H35NO4. The Morgan fingerprint density at radius 3 is 2.23 bits per heavy atom. The number of carbonyl (C=O) groups is 1. The van der Waals surface area contributed by atoms with Gasteiger partial charge in [-0.2, -0.15) is 0 Å². The monoisotopic (exact) mass is 569 g/mol. The molecule has 1 unspecified atom stereocenters. The molecule has 1 atom stereocenters. The quantitative estimate of drug-likeness (QED) is 0.157. The van der Waals surface area contributed by atoms with Crippen molar-refractivity contribution in [1.29, 1.82) is 0 Å². The zero-order valence-electron chi connectivity index (χ0n) is 24.4. The van der Waals surface area contributed by atoms with Crippen molar-refractivity contribution in [2.75, 3.05) is 13.2 Å². The minimum atomic E-state index is -0.374. The summed E-state index contributed by atoms with van der Waals surface area (Å²) in [7, 11) is 0. The Morgan fingerprint density at radius 1 is 0.860 bits per heavy atom. The predicted octanol–water partition coefficient (Wildman–Crippen LogP) is 9.04. The van der Waals surface area contributed by atoms with Crippen LogP contribution in [0, 0.1) is 5.92 Å². The van der Waals surface area contributed by atoms with Crippen LogP contribution in [0.3, 0.4) is 0 Å². The van der Waals surface area contributed by atoms with Crippen molar-refractivity contribution >= 4 is 11.5 Å². The van der Waals surface area contributed by atoms with Gasteiger partial charge in [-0.05, 0) is 67.3 Å². The molecule has 1 aromatic heterocycles. The average molecular weight is 570 g/mol. The Balaban J connectivity index is 1.36. The minimum absolute atomic E-state index is 0.118. The van der Waals surface area contributed by atoms with E-state index in [1.807, 2.05) is 48.5 Å². The molecule has 5 nitrogen and oxygen atoms in total. The van der Waals surface area contributed by atoms with E-state index in [-0.39, 0.29) is 18.5 Å². The minimum Gasteiger partial charge on any atom is -0.482 e. The van der Waals surface area contributed by atoms with Gasteiger partial charge in [0, 0.05) is 16.7 Å². The van der Waals surface area contributed by atoms with Crippen molar-refractivity contribution in [3.63, 3.8) is 0 Å². The van der Waals surface area contributed by atoms with Crippen LogP contribution >= 0.6 is 0 Å². The molecule has 1 aliphatic carbocycles. The zero-order valence-corrected chi connectivity index (χ0v) is 24.4. The van der Waals surface area contributed by atoms with Gasteiger partial charge in [0.15, 0.2) is 12.4 Å². The van der Waals surface area contributed by atoms with Crippen LogP contribution in [0.25, 0.3) is 39.3 Å². The van der Waals surface area contributed by atoms with Gasteiger partial charge in [-0.25, -0.2) is 9.78 Å². The third-order valence-corrected chi connectivity index (χ3v) is 7.81. The summed E-state index contributed by atoms with van der Waals surface area (Å²) in [5.74, 6) is 1.95. The molecule has 0 saturated carbocycles. The molecule has 216 valence electrons. The van der Waals surface area contributed by atoms with Gasteiger partial charge in [0.2, 0.25) is 5.89 Å². The third kappa shape index (κ3) is 6.62. The van der Waals surface area contributed by atoms with Crippen LogP contribution in [0.4, 0.5) is 0 Å². The molecule has 0 saturated heterocycles. The second kappa shape index (κ2) is 13.4. The maximum absolute atomic E-state index is 12.0. The summed E-state index contributed by atoms with van der Waals surface area (Å²) in [6.45, 7) is 2.00. The summed E-state index contributed by atoms with van der Waals surface area (Å²) in [5.41, 5.74) is 7.48. The average Bonchev–Trinajstić information content (AvgIpc) is 3.51. The Hall–Kier alpha value is -4.90. The number of benzene rings is 4. The van der Waals surface area contributed by atoms with E-state index in [1.54, 1.807) is 6.92 Å². The SMILES string of the molecule is CCOC(=O)COc1ccc(-c2ccccc2)c(CC2CCCC=C2c2nc(-c3ccccc3)c(-c3ccccc3)o2)c1. The Bertz CT molecular complexity index is 1630. The highest BCUT2D eigenvalue weighted by atomic mass is 16.6. The van der Waals surface area contributed by atoms with Crippen LogP contribution in [0.1, 0.15) is 37.6 Å². The molecular weight excluding hydrogens is 534 g/mol. The van der Waals surface area contributed by atoms with Crippen molar-refractivity contribution < 1.29 is 18.7 Å². The van der Waals surface area contributed by atoms with Gasteiger partial charge in [-0.1, -0.05) is 103 Å². The van der Waals surface area contributed by atoms with Gasteiger partial charge in [0.05, 0.1) is 6.61 Å². The summed E-state index contributed by atoms with van der Waals surface area (Å²) in [6, 6.07) is 36.9. The number of oxazole rings is 1. The lowest BCUT2D eigenvalue weighted by molar-refractivity contribution is -0.145. The number of nitrogens with zero attached hydrogens (tertiary/aromatic N) is 1. The smallest absolute Gasteiger partial charge is 0.344 e. The fourth-order valence-corrected chi connectivity index (χ4v) is 5.78. The van der Waals surface area contributed by atoms with Gasteiger partial charge in [-0.3, -0.25) is 0 Å². The lowest BCUT2D eigenvalue weighted by Crippen LogP contribution is -2.15. The fourth-order valence-electron chi connectivity index (χ4n) is 5.78. The molecule has 5 aromatic rings. The molecule has 0 amide bonds. The first-order valence-corrected chi connectivity index (χ1v) is 15.0. The van der Waals surface area contributed by atoms with Crippen LogP contribution in [0.15, 0.2) is 120 Å². The molecule has 0 fully saturated rings. The first kappa shape index (κ1) is 28.2. The van der Waals surface area contributed by atoms with Crippen molar-refractivity contribution in [2.24, 2.45) is 5.92 Å². The summed E-state index contributed by atoms with van der Waals surface area (Å²) in [6.07, 6.45) is 6.20. The van der Waals surface area contributed by atoms with Crippen LogP contribution in [0.2, 0.25) is 0 Å². The third-order valence-electron chi connectivity index (χ3n) is 7.81. The highest BCUT2D eigenvalue weighted by molar-refractivity contribution is 5.79. The normalized spacial score (nSPS) is 14.6. The second-order valence-corrected chi connectivity index (χ2v) is 10.7. The molecule has 43 heavy (non-hydrogen) atoms. The fraction of sp³-hybridized carbons (Fsp3) is 0.211. The topological polar surface area (TPSA) is 61.6 Å². The van der Waals surface area contributed by atoms with Crippen molar-refractivity contribution in [1.82, 2.24) is 4.98 Å². The number of aromatic nitrogens is 1. The largest absolute Gasteiger partial charge is 0.482 e. The number of hydrogen-bond acceptors (Lipinski definition) is 5. The molecule has 6 rings (SSSR count). The van der Waals surface area contributed by atoms with Gasteiger partial charge in [-0.15, -0.1) is 0 Å². The number of ether oxygens (including phenoxy) is 2. The highest BCUT2D eigenvalue weighted by Crippen LogP contribution is 2.41. The summed E-state index contributed by atoms with van der Waals surface area (Å²) >= 11 is 0. The van der Waals surface area contributed by atoms with Gasteiger partial charge in [0.25, 0.3) is 0 Å². The van der Waals surface area contributed by atoms with Crippen LogP contribution < -0.4 is 4.74 Å². The number of carbonyl (C=O) groups excluding carboxylic acids is 1. The van der Waals surface area contributed by atoms with Gasteiger partial charge in [0.1, 0.15) is 11.4 Å². The first-order chi connectivity index (χ1) is 21.2. The Kier molecular flexibility index (Phi) is 8.79. The lowest BCUT2D eigenvalue weighted by atomic mass is 9.81. The zero-order chi connectivity index (χ0) is 29.4. The molecule has 0 spiro atoms. The molecule has 1 aliphatic rings. The molecule has 5 heteroatoms. The molecule has 0 N–H and O–H groups in total. The van der Waals surface area contributed by atoms with E-state index in [1.165, 1.54) is 0 Å². The molecule has 0 bridgehead atoms. The van der Waals surface area contributed by atoms with Crippen LogP contribution in [0.5, 0.6) is 5.75 Å². The van der Waals surface area contributed by atoms with Crippen molar-refractivity contribution in [2.45, 2.75) is 32.6 Å². The van der Waals surface area contributed by atoms with E-state index in [2.05, 4.69) is 66.7 Å². The van der Waals surface area contributed by atoms with Gasteiger partial charge >= 0.3 is 5.97 Å². The summed E-state index contributed by atoms with van der Waals surface area (Å²) in [5, 5.41) is 0. The number of rotatable bonds is 10. The second-order valence-electron chi connectivity index (χ2n) is 10.7.